The first-order valence-corrected chi connectivity index (χ1v) is 16.2. The Morgan fingerprint density at radius 3 is 2.02 bits per heavy atom. The van der Waals surface area contributed by atoms with E-state index in [9.17, 15) is 18.0 Å². The van der Waals surface area contributed by atoms with Gasteiger partial charge in [0, 0.05) is 23.8 Å². The highest BCUT2D eigenvalue weighted by molar-refractivity contribution is 7.91. The van der Waals surface area contributed by atoms with Crippen LogP contribution in [0, 0.1) is 13.8 Å². The molecule has 8 nitrogen and oxygen atoms in total. The molecule has 0 saturated carbocycles. The highest BCUT2D eigenvalue weighted by Crippen LogP contribution is 2.37. The van der Waals surface area contributed by atoms with E-state index in [1.165, 1.54) is 42.5 Å². The Morgan fingerprint density at radius 1 is 0.844 bits per heavy atom. The highest BCUT2D eigenvalue weighted by Gasteiger charge is 2.28. The lowest BCUT2D eigenvalue weighted by atomic mass is 9.76. The maximum atomic E-state index is 13.2. The van der Waals surface area contributed by atoms with E-state index in [1.54, 1.807) is 24.3 Å². The second-order valence-electron chi connectivity index (χ2n) is 11.8. The largest absolute Gasteiger partial charge is 0.497 e. The zero-order chi connectivity index (χ0) is 32.4. The first-order chi connectivity index (χ1) is 21.4. The average molecular weight is 628 g/mol. The minimum atomic E-state index is -3.75. The molecule has 1 atom stereocenters. The summed E-state index contributed by atoms with van der Waals surface area (Å²) in [5.74, 6) is 0.768. The van der Waals surface area contributed by atoms with Gasteiger partial charge in [0.15, 0.2) is 6.23 Å². The molecule has 1 saturated heterocycles. The fourth-order valence-corrected chi connectivity index (χ4v) is 6.50. The number of carbonyl (C=O) groups excluding carboxylic acids is 2. The van der Waals surface area contributed by atoms with Crippen molar-refractivity contribution >= 4 is 21.7 Å². The van der Waals surface area contributed by atoms with Crippen molar-refractivity contribution in [2.75, 3.05) is 7.11 Å². The Hall–Kier alpha value is -4.63. The van der Waals surface area contributed by atoms with Crippen LogP contribution in [0.3, 0.4) is 0 Å². The minimum absolute atomic E-state index is 0.0809. The van der Waals surface area contributed by atoms with Gasteiger partial charge in [0.1, 0.15) is 17.2 Å². The first-order valence-electron chi connectivity index (χ1n) is 14.7. The molecule has 45 heavy (non-hydrogen) atoms. The van der Waals surface area contributed by atoms with Crippen molar-refractivity contribution in [3.63, 3.8) is 0 Å². The summed E-state index contributed by atoms with van der Waals surface area (Å²) < 4.78 is 43.2. The quantitative estimate of drug-likeness (QED) is 0.198. The van der Waals surface area contributed by atoms with Gasteiger partial charge < -0.3 is 19.5 Å². The molecule has 0 aromatic heterocycles. The Kier molecular flexibility index (Phi) is 9.02. The monoisotopic (exact) mass is 627 g/mol. The van der Waals surface area contributed by atoms with E-state index < -0.39 is 22.0 Å². The summed E-state index contributed by atoms with van der Waals surface area (Å²) in [5, 5.41) is 2.66. The number of hydrogen-bond donors (Lipinski definition) is 1. The summed E-state index contributed by atoms with van der Waals surface area (Å²) >= 11 is 0. The molecule has 0 radical (unpaired) electrons. The van der Waals surface area contributed by atoms with Gasteiger partial charge in [-0.2, -0.15) is 0 Å². The summed E-state index contributed by atoms with van der Waals surface area (Å²) in [6, 6.07) is 24.5. The van der Waals surface area contributed by atoms with Gasteiger partial charge in [-0.3, -0.25) is 9.59 Å². The number of rotatable bonds is 10. The SMILES string of the molecule is COc1ccc(S(=O)(=O)c2ccc(Oc3ccc(C(C)(C)c4ccc(C)c(C)c4)cc3CC(=O)OC3CCC(=O)N3)cc2)cc1. The van der Waals surface area contributed by atoms with Crippen LogP contribution in [0.1, 0.15) is 54.5 Å². The number of esters is 1. The molecule has 1 N–H and O–H groups in total. The van der Waals surface area contributed by atoms with Crippen molar-refractivity contribution in [3.05, 3.63) is 113 Å². The van der Waals surface area contributed by atoms with Crippen molar-refractivity contribution in [3.8, 4) is 17.2 Å². The second kappa shape index (κ2) is 12.8. The molecule has 1 unspecified atom stereocenters. The molecule has 0 bridgehead atoms. The minimum Gasteiger partial charge on any atom is -0.497 e. The predicted octanol–water partition coefficient (Wildman–Crippen LogP) is 6.58. The summed E-state index contributed by atoms with van der Waals surface area (Å²) in [6.07, 6.45) is 0.0164. The molecule has 0 spiro atoms. The topological polar surface area (TPSA) is 108 Å². The number of sulfone groups is 1. The summed E-state index contributed by atoms with van der Waals surface area (Å²) in [6.45, 7) is 8.43. The highest BCUT2D eigenvalue weighted by atomic mass is 32.2. The van der Waals surface area contributed by atoms with E-state index >= 15 is 0 Å². The van der Waals surface area contributed by atoms with E-state index in [0.717, 1.165) is 11.1 Å². The molecule has 9 heteroatoms. The molecule has 0 aliphatic carbocycles. The van der Waals surface area contributed by atoms with Crippen LogP contribution in [0.4, 0.5) is 0 Å². The van der Waals surface area contributed by atoms with Crippen molar-refractivity contribution < 1.29 is 32.2 Å². The second-order valence-corrected chi connectivity index (χ2v) is 13.7. The van der Waals surface area contributed by atoms with Crippen LogP contribution in [0.2, 0.25) is 0 Å². The van der Waals surface area contributed by atoms with Gasteiger partial charge in [-0.05, 0) is 90.7 Å². The molecule has 1 aliphatic heterocycles. The van der Waals surface area contributed by atoms with Crippen molar-refractivity contribution in [2.45, 2.75) is 68.4 Å². The Labute approximate surface area is 264 Å². The molecule has 234 valence electrons. The fraction of sp³-hybridized carbons (Fsp3) is 0.278. The number of carbonyl (C=O) groups is 2. The van der Waals surface area contributed by atoms with Gasteiger partial charge in [0.05, 0.1) is 23.3 Å². The normalized spacial score (nSPS) is 15.0. The number of methoxy groups -OCH3 is 1. The molecule has 5 rings (SSSR count). The molecular weight excluding hydrogens is 590 g/mol. The first kappa shape index (κ1) is 31.8. The van der Waals surface area contributed by atoms with Crippen molar-refractivity contribution in [1.82, 2.24) is 5.32 Å². The van der Waals surface area contributed by atoms with Crippen molar-refractivity contribution in [1.29, 1.82) is 0 Å². The number of ether oxygens (including phenoxy) is 3. The van der Waals surface area contributed by atoms with Crippen LogP contribution in [0.5, 0.6) is 17.2 Å². The molecular formula is C36H37NO7S. The third-order valence-corrected chi connectivity index (χ3v) is 10.1. The van der Waals surface area contributed by atoms with Gasteiger partial charge in [-0.15, -0.1) is 0 Å². The van der Waals surface area contributed by atoms with Crippen LogP contribution in [-0.4, -0.2) is 33.6 Å². The molecule has 1 amide bonds. The molecule has 1 fully saturated rings. The smallest absolute Gasteiger partial charge is 0.312 e. The lowest BCUT2D eigenvalue weighted by Crippen LogP contribution is -2.30. The summed E-state index contributed by atoms with van der Waals surface area (Å²) in [5.41, 5.74) is 4.75. The fourth-order valence-electron chi connectivity index (χ4n) is 5.24. The maximum Gasteiger partial charge on any atom is 0.312 e. The van der Waals surface area contributed by atoms with Gasteiger partial charge in [0.25, 0.3) is 0 Å². The molecule has 4 aromatic rings. The van der Waals surface area contributed by atoms with Crippen LogP contribution < -0.4 is 14.8 Å². The van der Waals surface area contributed by atoms with E-state index in [0.29, 0.717) is 35.7 Å². The summed E-state index contributed by atoms with van der Waals surface area (Å²) in [4.78, 5) is 24.9. The van der Waals surface area contributed by atoms with E-state index in [2.05, 4.69) is 51.2 Å². The van der Waals surface area contributed by atoms with Gasteiger partial charge in [-0.1, -0.05) is 44.2 Å². The van der Waals surface area contributed by atoms with E-state index in [-0.39, 0.29) is 27.5 Å². The average Bonchev–Trinajstić information content (AvgIpc) is 3.43. The molecule has 4 aromatic carbocycles. The number of amides is 1. The van der Waals surface area contributed by atoms with Gasteiger partial charge in [0.2, 0.25) is 15.7 Å². The number of aryl methyl sites for hydroxylation is 2. The predicted molar refractivity (Wildman–Crippen MR) is 170 cm³/mol. The molecule has 1 aliphatic rings. The number of nitrogens with one attached hydrogen (secondary N) is 1. The molecule has 1 heterocycles. The van der Waals surface area contributed by atoms with Gasteiger partial charge in [-0.25, -0.2) is 8.42 Å². The third-order valence-electron chi connectivity index (χ3n) is 8.31. The standard InChI is InChI=1S/C36H37NO7S/c1-23-6-7-26(20-24(23)2)36(3,4)27-8-17-32(25(21-27)22-35(39)44-34-19-18-33(38)37-34)43-29-11-15-31(16-12-29)45(40,41)30-13-9-28(42-5)10-14-30/h6-17,20-21,34H,18-19,22H2,1-5H3,(H,37,38). The Morgan fingerprint density at radius 2 is 1.44 bits per heavy atom. The summed E-state index contributed by atoms with van der Waals surface area (Å²) in [7, 11) is -2.23. The van der Waals surface area contributed by atoms with Crippen LogP contribution in [-0.2, 0) is 36.0 Å². The number of hydrogen-bond acceptors (Lipinski definition) is 7. The Balaban J connectivity index is 1.43. The maximum absolute atomic E-state index is 13.2. The third kappa shape index (κ3) is 7.04. The van der Waals surface area contributed by atoms with E-state index in [4.69, 9.17) is 14.2 Å². The zero-order valence-electron chi connectivity index (χ0n) is 26.0. The van der Waals surface area contributed by atoms with Crippen molar-refractivity contribution in [2.24, 2.45) is 0 Å². The Bertz CT molecular complexity index is 1830. The lowest BCUT2D eigenvalue weighted by molar-refractivity contribution is -0.149. The van der Waals surface area contributed by atoms with Crippen LogP contribution >= 0.6 is 0 Å². The zero-order valence-corrected chi connectivity index (χ0v) is 26.9. The lowest BCUT2D eigenvalue weighted by Gasteiger charge is -2.28. The van der Waals surface area contributed by atoms with Crippen LogP contribution in [0.15, 0.2) is 94.7 Å². The van der Waals surface area contributed by atoms with Crippen LogP contribution in [0.25, 0.3) is 0 Å². The number of benzene rings is 4. The van der Waals surface area contributed by atoms with E-state index in [1.807, 2.05) is 18.2 Å². The van der Waals surface area contributed by atoms with Gasteiger partial charge >= 0.3 is 5.97 Å².